The number of anilines is 1. The van der Waals surface area contributed by atoms with Crippen molar-refractivity contribution in [2.75, 3.05) is 12.4 Å². The zero-order chi connectivity index (χ0) is 23.1. The highest BCUT2D eigenvalue weighted by molar-refractivity contribution is 6.09. The topological polar surface area (TPSA) is 118 Å². The van der Waals surface area contributed by atoms with Crippen LogP contribution in [0.25, 0.3) is 21.9 Å². The Morgan fingerprint density at radius 2 is 2.06 bits per heavy atom. The monoisotopic (exact) mass is 446 g/mol. The number of pyridine rings is 1. The van der Waals surface area contributed by atoms with E-state index in [0.717, 1.165) is 11.3 Å². The summed E-state index contributed by atoms with van der Waals surface area (Å²) in [4.78, 5) is 27.8. The number of amides is 1. The van der Waals surface area contributed by atoms with Gasteiger partial charge in [-0.1, -0.05) is 12.1 Å². The number of carbonyl (C=O) groups excluding carboxylic acids is 1. The molecule has 0 aliphatic heterocycles. The number of fused-ring (bicyclic) bond motifs is 2. The van der Waals surface area contributed by atoms with Crippen LogP contribution in [-0.2, 0) is 6.54 Å². The van der Waals surface area contributed by atoms with E-state index in [0.29, 0.717) is 40.0 Å². The molecule has 166 valence electrons. The minimum absolute atomic E-state index is 0.0988. The maximum atomic E-state index is 13.4. The molecule has 0 saturated heterocycles. The summed E-state index contributed by atoms with van der Waals surface area (Å²) in [6.07, 6.45) is 0. The van der Waals surface area contributed by atoms with Gasteiger partial charge >= 0.3 is 0 Å². The van der Waals surface area contributed by atoms with E-state index in [1.165, 1.54) is 24.3 Å². The third-order valence-corrected chi connectivity index (χ3v) is 5.38. The van der Waals surface area contributed by atoms with Crippen LogP contribution in [0.5, 0.6) is 5.75 Å². The van der Waals surface area contributed by atoms with E-state index in [2.05, 4.69) is 25.6 Å². The van der Waals surface area contributed by atoms with Gasteiger partial charge in [0.25, 0.3) is 11.5 Å². The van der Waals surface area contributed by atoms with E-state index in [1.807, 2.05) is 31.2 Å². The molecule has 0 spiro atoms. The summed E-state index contributed by atoms with van der Waals surface area (Å²) in [7, 11) is 1.61. The van der Waals surface area contributed by atoms with Crippen molar-refractivity contribution in [3.8, 4) is 5.75 Å². The molecule has 0 bridgehead atoms. The molecule has 0 aliphatic carbocycles. The minimum atomic E-state index is -0.619. The molecule has 0 saturated carbocycles. The van der Waals surface area contributed by atoms with Crippen molar-refractivity contribution in [1.82, 2.24) is 25.0 Å². The highest BCUT2D eigenvalue weighted by atomic mass is 19.1. The van der Waals surface area contributed by atoms with E-state index in [1.54, 1.807) is 11.8 Å². The standard InChI is InChI=1S/C23H19FN6O3/c1-12-19-20(26-23(32)17-9-14-6-7-15(24)10-18(14)25-22(17)31)27-28-21(19)30(29-12)11-13-4-3-5-16(8-13)33-2/h3-10H,11H2,1-2H3,(H,25,31)(H2,26,27,28,32). The number of aromatic amines is 2. The lowest BCUT2D eigenvalue weighted by Gasteiger charge is -2.04. The van der Waals surface area contributed by atoms with Gasteiger partial charge in [0.05, 0.1) is 30.3 Å². The lowest BCUT2D eigenvalue weighted by molar-refractivity contribution is 0.102. The van der Waals surface area contributed by atoms with Crippen molar-refractivity contribution in [2.24, 2.45) is 0 Å². The molecule has 1 amide bonds. The third kappa shape index (κ3) is 3.71. The van der Waals surface area contributed by atoms with Gasteiger partial charge in [0, 0.05) is 0 Å². The number of hydrogen-bond acceptors (Lipinski definition) is 5. The smallest absolute Gasteiger partial charge is 0.262 e. The Hall–Kier alpha value is -4.47. The molecule has 3 N–H and O–H groups in total. The average Bonchev–Trinajstić information content (AvgIpc) is 3.34. The first-order valence-corrected chi connectivity index (χ1v) is 10.1. The molecule has 10 heteroatoms. The number of methoxy groups -OCH3 is 1. The van der Waals surface area contributed by atoms with E-state index in [-0.39, 0.29) is 5.56 Å². The van der Waals surface area contributed by atoms with Crippen LogP contribution >= 0.6 is 0 Å². The predicted molar refractivity (Wildman–Crippen MR) is 121 cm³/mol. The molecule has 9 nitrogen and oxygen atoms in total. The molecular formula is C23H19FN6O3. The number of H-pyrrole nitrogens is 2. The maximum Gasteiger partial charge on any atom is 0.262 e. The number of halogens is 1. The van der Waals surface area contributed by atoms with Gasteiger partial charge in [-0.05, 0) is 54.3 Å². The summed E-state index contributed by atoms with van der Waals surface area (Å²) >= 11 is 0. The van der Waals surface area contributed by atoms with Crippen molar-refractivity contribution in [1.29, 1.82) is 0 Å². The van der Waals surface area contributed by atoms with E-state index >= 15 is 0 Å². The zero-order valence-electron chi connectivity index (χ0n) is 17.8. The molecule has 0 unspecified atom stereocenters. The average molecular weight is 446 g/mol. The quantitative estimate of drug-likeness (QED) is 0.383. The molecule has 3 aromatic heterocycles. The van der Waals surface area contributed by atoms with Crippen molar-refractivity contribution in [2.45, 2.75) is 13.5 Å². The Labute approximate surface area is 186 Å². The second-order valence-corrected chi connectivity index (χ2v) is 7.59. The number of aryl methyl sites for hydroxylation is 1. The maximum absolute atomic E-state index is 13.4. The minimum Gasteiger partial charge on any atom is -0.497 e. The summed E-state index contributed by atoms with van der Waals surface area (Å²) in [5, 5.41) is 15.6. The second kappa shape index (κ2) is 7.90. The fourth-order valence-corrected chi connectivity index (χ4v) is 3.81. The van der Waals surface area contributed by atoms with Crippen LogP contribution in [0.3, 0.4) is 0 Å². The summed E-state index contributed by atoms with van der Waals surface area (Å²) in [6, 6.07) is 13.0. The van der Waals surface area contributed by atoms with Gasteiger partial charge < -0.3 is 15.0 Å². The summed E-state index contributed by atoms with van der Waals surface area (Å²) in [5.41, 5.74) is 1.81. The lowest BCUT2D eigenvalue weighted by Crippen LogP contribution is -2.23. The number of benzene rings is 2. The Balaban J connectivity index is 1.46. The van der Waals surface area contributed by atoms with Crippen molar-refractivity contribution < 1.29 is 13.9 Å². The molecule has 0 aliphatic rings. The summed E-state index contributed by atoms with van der Waals surface area (Å²) < 4.78 is 20.4. The number of nitrogens with one attached hydrogen (secondary N) is 3. The first-order valence-electron chi connectivity index (χ1n) is 10.1. The highest BCUT2D eigenvalue weighted by Gasteiger charge is 2.20. The van der Waals surface area contributed by atoms with Crippen LogP contribution in [0.2, 0.25) is 0 Å². The number of aromatic nitrogens is 5. The highest BCUT2D eigenvalue weighted by Crippen LogP contribution is 2.25. The Bertz CT molecular complexity index is 1580. The molecule has 0 fully saturated rings. The number of hydrogen-bond donors (Lipinski definition) is 3. The third-order valence-electron chi connectivity index (χ3n) is 5.38. The van der Waals surface area contributed by atoms with Gasteiger partial charge in [-0.15, -0.1) is 0 Å². The number of ether oxygens (including phenoxy) is 1. The number of carbonyl (C=O) groups is 1. The molecule has 33 heavy (non-hydrogen) atoms. The Kier molecular flexibility index (Phi) is 4.89. The van der Waals surface area contributed by atoms with Crippen molar-refractivity contribution >= 4 is 33.7 Å². The van der Waals surface area contributed by atoms with Gasteiger partial charge in [0.15, 0.2) is 5.65 Å². The molecule has 3 heterocycles. The molecule has 2 aromatic carbocycles. The van der Waals surface area contributed by atoms with Crippen LogP contribution in [-0.4, -0.2) is 38.0 Å². The van der Waals surface area contributed by atoms with Gasteiger partial charge in [-0.3, -0.25) is 14.7 Å². The van der Waals surface area contributed by atoms with E-state index < -0.39 is 17.3 Å². The van der Waals surface area contributed by atoms with Crippen LogP contribution < -0.4 is 15.6 Å². The molecule has 5 aromatic rings. The van der Waals surface area contributed by atoms with Gasteiger partial charge in [-0.25, -0.2) is 9.07 Å². The van der Waals surface area contributed by atoms with Gasteiger partial charge in [0.1, 0.15) is 22.9 Å². The Morgan fingerprint density at radius 1 is 1.21 bits per heavy atom. The van der Waals surface area contributed by atoms with Crippen LogP contribution in [0.15, 0.2) is 53.3 Å². The zero-order valence-corrected chi connectivity index (χ0v) is 17.8. The first kappa shape index (κ1) is 20.4. The van der Waals surface area contributed by atoms with Crippen LogP contribution in [0.1, 0.15) is 21.6 Å². The number of rotatable bonds is 5. The summed E-state index contributed by atoms with van der Waals surface area (Å²) in [6.45, 7) is 2.27. The van der Waals surface area contributed by atoms with E-state index in [4.69, 9.17) is 4.74 Å². The fraction of sp³-hybridized carbons (Fsp3) is 0.130. The molecule has 0 atom stereocenters. The predicted octanol–water partition coefficient (Wildman–Crippen LogP) is 3.36. The summed E-state index contributed by atoms with van der Waals surface area (Å²) in [5.74, 6) is -0.0152. The normalized spacial score (nSPS) is 11.2. The van der Waals surface area contributed by atoms with Crippen LogP contribution in [0, 0.1) is 12.7 Å². The Morgan fingerprint density at radius 3 is 2.88 bits per heavy atom. The molecule has 5 rings (SSSR count). The SMILES string of the molecule is COc1cccc(Cn2nc(C)c3c(NC(=O)c4cc5ccc(F)cc5[nH]c4=O)[nH]nc32)c1. The fourth-order valence-electron chi connectivity index (χ4n) is 3.81. The number of nitrogens with zero attached hydrogens (tertiary/aromatic N) is 3. The molecular weight excluding hydrogens is 427 g/mol. The van der Waals surface area contributed by atoms with Gasteiger partial charge in [0.2, 0.25) is 0 Å². The lowest BCUT2D eigenvalue weighted by atomic mass is 10.1. The first-order chi connectivity index (χ1) is 15.9. The van der Waals surface area contributed by atoms with Crippen LogP contribution in [0.4, 0.5) is 10.2 Å². The van der Waals surface area contributed by atoms with Crippen molar-refractivity contribution in [3.05, 3.63) is 81.5 Å². The second-order valence-electron chi connectivity index (χ2n) is 7.59. The molecule has 0 radical (unpaired) electrons. The van der Waals surface area contributed by atoms with Crippen molar-refractivity contribution in [3.63, 3.8) is 0 Å². The van der Waals surface area contributed by atoms with Gasteiger partial charge in [-0.2, -0.15) is 10.2 Å². The van der Waals surface area contributed by atoms with E-state index in [9.17, 15) is 14.0 Å². The largest absolute Gasteiger partial charge is 0.497 e.